The number of nitrogens with zero attached hydrogens (tertiary/aromatic N) is 1. The highest BCUT2D eigenvalue weighted by Crippen LogP contribution is 2.29. The zero-order valence-electron chi connectivity index (χ0n) is 17.6. The van der Waals surface area contributed by atoms with Crippen molar-refractivity contribution in [2.45, 2.75) is 52.4 Å². The van der Waals surface area contributed by atoms with Crippen LogP contribution in [0, 0.1) is 0 Å². The predicted molar refractivity (Wildman–Crippen MR) is 126 cm³/mol. The van der Waals surface area contributed by atoms with Crippen LogP contribution in [0.15, 0.2) is 66.9 Å². The zero-order valence-corrected chi connectivity index (χ0v) is 18.4. The maximum absolute atomic E-state index is 5.80. The van der Waals surface area contributed by atoms with Gasteiger partial charge >= 0.3 is 0 Å². The molecule has 3 rings (SSSR count). The van der Waals surface area contributed by atoms with Crippen LogP contribution in [0.1, 0.15) is 50.8 Å². The minimum atomic E-state index is 0.721. The average Bonchev–Trinajstić information content (AvgIpc) is 3.23. The SMILES string of the molecule is CC/C=C\CCOc1ccc(-c2ccc(-c3ncc(CCCCC)s3)cc2)cc1. The third-order valence-corrected chi connectivity index (χ3v) is 5.96. The summed E-state index contributed by atoms with van der Waals surface area (Å²) in [5, 5.41) is 1.11. The number of aromatic nitrogens is 1. The van der Waals surface area contributed by atoms with Gasteiger partial charge in [-0.25, -0.2) is 4.98 Å². The minimum Gasteiger partial charge on any atom is -0.493 e. The summed E-state index contributed by atoms with van der Waals surface area (Å²) in [7, 11) is 0. The van der Waals surface area contributed by atoms with Crippen molar-refractivity contribution in [1.29, 1.82) is 0 Å². The van der Waals surface area contributed by atoms with E-state index < -0.39 is 0 Å². The Hall–Kier alpha value is -2.39. The minimum absolute atomic E-state index is 0.721. The summed E-state index contributed by atoms with van der Waals surface area (Å²) < 4.78 is 5.80. The van der Waals surface area contributed by atoms with Crippen LogP contribution in [0.4, 0.5) is 0 Å². The Balaban J connectivity index is 1.57. The molecule has 1 heterocycles. The van der Waals surface area contributed by atoms with Gasteiger partial charge in [0.25, 0.3) is 0 Å². The maximum Gasteiger partial charge on any atom is 0.123 e. The second-order valence-electron chi connectivity index (χ2n) is 7.21. The van der Waals surface area contributed by atoms with Gasteiger partial charge in [-0.3, -0.25) is 0 Å². The van der Waals surface area contributed by atoms with Crippen LogP contribution in [-0.4, -0.2) is 11.6 Å². The van der Waals surface area contributed by atoms with Gasteiger partial charge < -0.3 is 4.74 Å². The van der Waals surface area contributed by atoms with Crippen molar-refractivity contribution in [3.05, 3.63) is 71.8 Å². The Morgan fingerprint density at radius 1 is 0.862 bits per heavy atom. The van der Waals surface area contributed by atoms with Gasteiger partial charge in [-0.1, -0.05) is 75.2 Å². The standard InChI is InChI=1S/C26H31NOS/c1-3-5-7-9-19-28-24-17-15-22(16-18-24)21-11-13-23(14-12-21)26-27-20-25(29-26)10-8-6-4-2/h5,7,11-18,20H,3-4,6,8-10,19H2,1-2H3/b7-5-. The second-order valence-corrected chi connectivity index (χ2v) is 8.32. The molecule has 0 saturated heterocycles. The van der Waals surface area contributed by atoms with E-state index in [0.29, 0.717) is 0 Å². The highest BCUT2D eigenvalue weighted by molar-refractivity contribution is 7.15. The number of allylic oxidation sites excluding steroid dienone is 1. The Labute approximate surface area is 179 Å². The molecule has 0 radical (unpaired) electrons. The molecule has 0 unspecified atom stereocenters. The number of benzene rings is 2. The molecule has 2 nitrogen and oxygen atoms in total. The summed E-state index contributed by atoms with van der Waals surface area (Å²) >= 11 is 1.82. The van der Waals surface area contributed by atoms with Gasteiger partial charge in [-0.05, 0) is 48.9 Å². The molecule has 0 fully saturated rings. The van der Waals surface area contributed by atoms with E-state index in [1.54, 1.807) is 0 Å². The lowest BCUT2D eigenvalue weighted by atomic mass is 10.0. The summed E-state index contributed by atoms with van der Waals surface area (Å²) in [6.07, 6.45) is 13.4. The van der Waals surface area contributed by atoms with Crippen LogP contribution < -0.4 is 4.74 Å². The first kappa shape index (κ1) is 21.3. The van der Waals surface area contributed by atoms with E-state index >= 15 is 0 Å². The molecule has 0 N–H and O–H groups in total. The fraction of sp³-hybridized carbons (Fsp3) is 0.346. The number of thiazole rings is 1. The van der Waals surface area contributed by atoms with E-state index in [2.05, 4.69) is 79.5 Å². The summed E-state index contributed by atoms with van der Waals surface area (Å²) in [6, 6.07) is 17.1. The van der Waals surface area contributed by atoms with E-state index in [4.69, 9.17) is 4.74 Å². The molecule has 1 aromatic heterocycles. The Bertz CT molecular complexity index is 878. The molecule has 0 aliphatic carbocycles. The number of unbranched alkanes of at least 4 members (excludes halogenated alkanes) is 2. The van der Waals surface area contributed by atoms with Gasteiger partial charge in [0.1, 0.15) is 10.8 Å². The van der Waals surface area contributed by atoms with Crippen molar-refractivity contribution in [2.75, 3.05) is 6.61 Å². The van der Waals surface area contributed by atoms with Crippen LogP contribution in [0.25, 0.3) is 21.7 Å². The molecular formula is C26H31NOS. The van der Waals surface area contributed by atoms with Gasteiger partial charge in [0, 0.05) is 16.6 Å². The molecule has 152 valence electrons. The normalized spacial score (nSPS) is 11.2. The van der Waals surface area contributed by atoms with Crippen molar-refractivity contribution >= 4 is 11.3 Å². The summed E-state index contributed by atoms with van der Waals surface area (Å²) in [4.78, 5) is 6.01. The Morgan fingerprint density at radius 2 is 1.55 bits per heavy atom. The van der Waals surface area contributed by atoms with E-state index in [1.807, 2.05) is 17.5 Å². The molecule has 2 aromatic carbocycles. The zero-order chi connectivity index (χ0) is 20.3. The number of ether oxygens (including phenoxy) is 1. The Morgan fingerprint density at radius 3 is 2.24 bits per heavy atom. The maximum atomic E-state index is 5.80. The molecule has 0 bridgehead atoms. The van der Waals surface area contributed by atoms with Crippen molar-refractivity contribution in [1.82, 2.24) is 4.98 Å². The monoisotopic (exact) mass is 405 g/mol. The first-order chi connectivity index (χ1) is 14.3. The summed E-state index contributed by atoms with van der Waals surface area (Å²) in [5.74, 6) is 0.925. The van der Waals surface area contributed by atoms with Gasteiger partial charge in [0.05, 0.1) is 6.61 Å². The largest absolute Gasteiger partial charge is 0.493 e. The fourth-order valence-corrected chi connectivity index (χ4v) is 4.14. The number of rotatable bonds is 11. The van der Waals surface area contributed by atoms with Crippen molar-refractivity contribution < 1.29 is 4.74 Å². The van der Waals surface area contributed by atoms with Gasteiger partial charge in [0.2, 0.25) is 0 Å². The van der Waals surface area contributed by atoms with Crippen molar-refractivity contribution in [3.63, 3.8) is 0 Å². The average molecular weight is 406 g/mol. The molecular weight excluding hydrogens is 374 g/mol. The number of hydrogen-bond donors (Lipinski definition) is 0. The van der Waals surface area contributed by atoms with Gasteiger partial charge in [0.15, 0.2) is 0 Å². The number of aryl methyl sites for hydroxylation is 1. The van der Waals surface area contributed by atoms with E-state index in [1.165, 1.54) is 40.8 Å². The molecule has 0 spiro atoms. The van der Waals surface area contributed by atoms with Crippen LogP contribution in [0.5, 0.6) is 5.75 Å². The highest BCUT2D eigenvalue weighted by atomic mass is 32.1. The van der Waals surface area contributed by atoms with Crippen LogP contribution in [-0.2, 0) is 6.42 Å². The molecule has 0 saturated carbocycles. The molecule has 3 heteroatoms. The lowest BCUT2D eigenvalue weighted by molar-refractivity contribution is 0.325. The van der Waals surface area contributed by atoms with E-state index in [9.17, 15) is 0 Å². The smallest absolute Gasteiger partial charge is 0.123 e. The lowest BCUT2D eigenvalue weighted by Gasteiger charge is -2.07. The third kappa shape index (κ3) is 6.57. The Kier molecular flexibility index (Phi) is 8.51. The summed E-state index contributed by atoms with van der Waals surface area (Å²) in [6.45, 7) is 5.11. The van der Waals surface area contributed by atoms with Crippen LogP contribution >= 0.6 is 11.3 Å². The molecule has 29 heavy (non-hydrogen) atoms. The first-order valence-electron chi connectivity index (χ1n) is 10.7. The van der Waals surface area contributed by atoms with Gasteiger partial charge in [-0.2, -0.15) is 0 Å². The molecule has 0 aliphatic heterocycles. The number of hydrogen-bond acceptors (Lipinski definition) is 3. The molecule has 3 aromatic rings. The molecule has 0 amide bonds. The lowest BCUT2D eigenvalue weighted by Crippen LogP contribution is -1.95. The van der Waals surface area contributed by atoms with Crippen molar-refractivity contribution in [2.24, 2.45) is 0 Å². The predicted octanol–water partition coefficient (Wildman–Crippen LogP) is 7.94. The quantitative estimate of drug-likeness (QED) is 0.238. The fourth-order valence-electron chi connectivity index (χ4n) is 3.18. The topological polar surface area (TPSA) is 22.1 Å². The van der Waals surface area contributed by atoms with E-state index in [0.717, 1.165) is 36.6 Å². The molecule has 0 atom stereocenters. The van der Waals surface area contributed by atoms with Crippen LogP contribution in [0.2, 0.25) is 0 Å². The first-order valence-corrected chi connectivity index (χ1v) is 11.5. The van der Waals surface area contributed by atoms with Crippen LogP contribution in [0.3, 0.4) is 0 Å². The van der Waals surface area contributed by atoms with Crippen molar-refractivity contribution in [3.8, 4) is 27.4 Å². The third-order valence-electron chi connectivity index (χ3n) is 4.86. The molecule has 0 aliphatic rings. The highest BCUT2D eigenvalue weighted by Gasteiger charge is 2.06. The summed E-state index contributed by atoms with van der Waals surface area (Å²) in [5.41, 5.74) is 3.61. The van der Waals surface area contributed by atoms with Gasteiger partial charge in [-0.15, -0.1) is 11.3 Å². The second kappa shape index (κ2) is 11.6. The van der Waals surface area contributed by atoms with E-state index in [-0.39, 0.29) is 0 Å².